The van der Waals surface area contributed by atoms with Gasteiger partial charge in [0.1, 0.15) is 5.75 Å². The highest BCUT2D eigenvalue weighted by molar-refractivity contribution is 5.81. The van der Waals surface area contributed by atoms with Crippen LogP contribution in [0.3, 0.4) is 0 Å². The molecule has 0 unspecified atom stereocenters. The third-order valence-corrected chi connectivity index (χ3v) is 2.98. The van der Waals surface area contributed by atoms with E-state index in [1.54, 1.807) is 6.20 Å². The van der Waals surface area contributed by atoms with E-state index in [9.17, 15) is 4.79 Å². The van der Waals surface area contributed by atoms with Crippen LogP contribution in [0.15, 0.2) is 55.3 Å². The van der Waals surface area contributed by atoms with E-state index < -0.39 is 0 Å². The molecule has 1 aromatic carbocycles. The van der Waals surface area contributed by atoms with Gasteiger partial charge in [0.25, 0.3) is 0 Å². The van der Waals surface area contributed by atoms with Crippen molar-refractivity contribution < 1.29 is 14.3 Å². The number of nitrogens with zero attached hydrogens (tertiary/aromatic N) is 1. The number of carbonyl (C=O) groups is 1. The Labute approximate surface area is 130 Å². The molecular weight excluding hydrogens is 278 g/mol. The summed E-state index contributed by atoms with van der Waals surface area (Å²) in [7, 11) is 0. The highest BCUT2D eigenvalue weighted by Gasteiger charge is 2.00. The van der Waals surface area contributed by atoms with Gasteiger partial charge in [0.05, 0.1) is 18.9 Å². The number of hydrogen-bond acceptors (Lipinski definition) is 4. The lowest BCUT2D eigenvalue weighted by Gasteiger charge is -2.07. The molecule has 1 heterocycles. The predicted octanol–water partition coefficient (Wildman–Crippen LogP) is 3.44. The number of unbranched alkanes of at least 4 members (excludes halogenated alkanes) is 1. The zero-order valence-corrected chi connectivity index (χ0v) is 12.3. The van der Waals surface area contributed by atoms with Gasteiger partial charge < -0.3 is 9.47 Å². The highest BCUT2D eigenvalue weighted by Crippen LogP contribution is 2.20. The SMILES string of the molecule is C=CC(=O)OCCCCOc1ccc(-c2cc[c]cn2)cc1. The Morgan fingerprint density at radius 3 is 2.64 bits per heavy atom. The molecule has 0 bridgehead atoms. The molecule has 0 N–H and O–H groups in total. The van der Waals surface area contributed by atoms with Gasteiger partial charge in [-0.25, -0.2) is 4.79 Å². The van der Waals surface area contributed by atoms with Crippen LogP contribution in [-0.4, -0.2) is 24.2 Å². The smallest absolute Gasteiger partial charge is 0.330 e. The Bertz CT molecular complexity index is 593. The first-order chi connectivity index (χ1) is 10.8. The topological polar surface area (TPSA) is 48.4 Å². The first kappa shape index (κ1) is 15.8. The molecule has 4 nitrogen and oxygen atoms in total. The normalized spacial score (nSPS) is 10.0. The maximum Gasteiger partial charge on any atom is 0.330 e. The van der Waals surface area contributed by atoms with Gasteiger partial charge in [0.15, 0.2) is 0 Å². The van der Waals surface area contributed by atoms with E-state index in [0.29, 0.717) is 13.2 Å². The van der Waals surface area contributed by atoms with Crippen LogP contribution in [0.25, 0.3) is 11.3 Å². The summed E-state index contributed by atoms with van der Waals surface area (Å²) < 4.78 is 10.5. The lowest BCUT2D eigenvalue weighted by molar-refractivity contribution is -0.137. The molecule has 0 atom stereocenters. The zero-order chi connectivity index (χ0) is 15.6. The van der Waals surface area contributed by atoms with Crippen LogP contribution in [0.4, 0.5) is 0 Å². The Morgan fingerprint density at radius 2 is 1.95 bits per heavy atom. The van der Waals surface area contributed by atoms with Crippen molar-refractivity contribution in [2.75, 3.05) is 13.2 Å². The highest BCUT2D eigenvalue weighted by atomic mass is 16.5. The van der Waals surface area contributed by atoms with E-state index in [1.165, 1.54) is 0 Å². The van der Waals surface area contributed by atoms with Crippen molar-refractivity contribution in [2.24, 2.45) is 0 Å². The molecule has 2 aromatic rings. The summed E-state index contributed by atoms with van der Waals surface area (Å²) in [4.78, 5) is 15.1. The average Bonchev–Trinajstić information content (AvgIpc) is 2.59. The Morgan fingerprint density at radius 1 is 1.18 bits per heavy atom. The molecule has 1 radical (unpaired) electrons. The summed E-state index contributed by atoms with van der Waals surface area (Å²) in [5.41, 5.74) is 1.95. The fourth-order valence-corrected chi connectivity index (χ4v) is 1.84. The van der Waals surface area contributed by atoms with Crippen LogP contribution in [0.5, 0.6) is 5.75 Å². The minimum absolute atomic E-state index is 0.386. The van der Waals surface area contributed by atoms with Crippen molar-refractivity contribution >= 4 is 5.97 Å². The van der Waals surface area contributed by atoms with Crippen LogP contribution in [0, 0.1) is 6.07 Å². The number of rotatable bonds is 8. The number of aromatic nitrogens is 1. The van der Waals surface area contributed by atoms with Crippen LogP contribution >= 0.6 is 0 Å². The molecule has 0 spiro atoms. The maximum absolute atomic E-state index is 10.8. The monoisotopic (exact) mass is 296 g/mol. The summed E-state index contributed by atoms with van der Waals surface area (Å²) in [5.74, 6) is 0.429. The van der Waals surface area contributed by atoms with Crippen molar-refractivity contribution in [1.82, 2.24) is 4.98 Å². The first-order valence-corrected chi connectivity index (χ1v) is 7.14. The van der Waals surface area contributed by atoms with Crippen molar-refractivity contribution in [1.29, 1.82) is 0 Å². The van der Waals surface area contributed by atoms with Crippen molar-refractivity contribution in [2.45, 2.75) is 12.8 Å². The molecule has 0 amide bonds. The number of benzene rings is 1. The number of carbonyl (C=O) groups excluding carboxylic acids is 1. The number of esters is 1. The van der Waals surface area contributed by atoms with E-state index >= 15 is 0 Å². The van der Waals surface area contributed by atoms with Crippen LogP contribution in [0.2, 0.25) is 0 Å². The summed E-state index contributed by atoms with van der Waals surface area (Å²) in [6.45, 7) is 4.32. The van der Waals surface area contributed by atoms with Gasteiger partial charge in [-0.3, -0.25) is 4.98 Å². The molecule has 0 fully saturated rings. The Hall–Kier alpha value is -2.62. The number of pyridine rings is 1. The Kier molecular flexibility index (Phi) is 6.18. The van der Waals surface area contributed by atoms with Gasteiger partial charge in [-0.15, -0.1) is 0 Å². The largest absolute Gasteiger partial charge is 0.494 e. The van der Waals surface area contributed by atoms with Crippen LogP contribution < -0.4 is 4.74 Å². The molecular formula is C18H18NO3. The minimum atomic E-state index is -0.386. The third kappa shape index (κ3) is 5.05. The molecule has 2 rings (SSSR count). The second-order valence-corrected chi connectivity index (χ2v) is 4.60. The summed E-state index contributed by atoms with van der Waals surface area (Å²) in [6, 6.07) is 14.4. The average molecular weight is 296 g/mol. The molecule has 0 saturated carbocycles. The van der Waals surface area contributed by atoms with Crippen LogP contribution in [-0.2, 0) is 9.53 Å². The van der Waals surface area contributed by atoms with Crippen molar-refractivity contribution in [3.63, 3.8) is 0 Å². The molecule has 113 valence electrons. The molecule has 0 saturated heterocycles. The third-order valence-electron chi connectivity index (χ3n) is 2.98. The first-order valence-electron chi connectivity index (χ1n) is 7.14. The second kappa shape index (κ2) is 8.62. The molecule has 0 aliphatic carbocycles. The standard InChI is InChI=1S/C18H18NO3/c1-2-18(20)22-14-6-5-13-21-16-10-8-15(9-11-16)17-7-3-4-12-19-17/h2-3,7-12H,1,5-6,13-14H2. The fourth-order valence-electron chi connectivity index (χ4n) is 1.84. The van der Waals surface area contributed by atoms with Gasteiger partial charge in [0, 0.05) is 23.9 Å². The van der Waals surface area contributed by atoms with Gasteiger partial charge in [-0.2, -0.15) is 0 Å². The predicted molar refractivity (Wildman–Crippen MR) is 84.4 cm³/mol. The Balaban J connectivity index is 1.71. The van der Waals surface area contributed by atoms with Gasteiger partial charge in [0.2, 0.25) is 0 Å². The maximum atomic E-state index is 10.8. The molecule has 1 aromatic heterocycles. The summed E-state index contributed by atoms with van der Waals surface area (Å²) >= 11 is 0. The molecule has 0 aliphatic heterocycles. The van der Waals surface area contributed by atoms with Crippen molar-refractivity contribution in [3.05, 3.63) is 61.3 Å². The van der Waals surface area contributed by atoms with Gasteiger partial charge in [-0.05, 0) is 43.2 Å². The molecule has 0 aliphatic rings. The van der Waals surface area contributed by atoms with E-state index in [1.807, 2.05) is 36.4 Å². The van der Waals surface area contributed by atoms with E-state index in [2.05, 4.69) is 17.6 Å². The lowest BCUT2D eigenvalue weighted by atomic mass is 10.1. The van der Waals surface area contributed by atoms with Gasteiger partial charge >= 0.3 is 5.97 Å². The summed E-state index contributed by atoms with van der Waals surface area (Å²) in [5, 5.41) is 0. The molecule has 4 heteroatoms. The van der Waals surface area contributed by atoms with Gasteiger partial charge in [-0.1, -0.05) is 12.6 Å². The van der Waals surface area contributed by atoms with Crippen LogP contribution in [0.1, 0.15) is 12.8 Å². The molecule has 22 heavy (non-hydrogen) atoms. The fraction of sp³-hybridized carbons (Fsp3) is 0.222. The lowest BCUT2D eigenvalue weighted by Crippen LogP contribution is -2.04. The quantitative estimate of drug-likeness (QED) is 0.425. The van der Waals surface area contributed by atoms with E-state index in [4.69, 9.17) is 9.47 Å². The number of ether oxygens (including phenoxy) is 2. The number of hydrogen-bond donors (Lipinski definition) is 0. The zero-order valence-electron chi connectivity index (χ0n) is 12.3. The second-order valence-electron chi connectivity index (χ2n) is 4.60. The minimum Gasteiger partial charge on any atom is -0.494 e. The van der Waals surface area contributed by atoms with E-state index in [-0.39, 0.29) is 5.97 Å². The van der Waals surface area contributed by atoms with E-state index in [0.717, 1.165) is 35.9 Å². The van der Waals surface area contributed by atoms with Crippen molar-refractivity contribution in [3.8, 4) is 17.0 Å². The summed E-state index contributed by atoms with van der Waals surface area (Å²) in [6.07, 6.45) is 4.40.